The summed E-state index contributed by atoms with van der Waals surface area (Å²) >= 11 is 3.44. The molecule has 0 radical (unpaired) electrons. The molecule has 1 saturated heterocycles. The maximum absolute atomic E-state index is 13.1. The van der Waals surface area contributed by atoms with Gasteiger partial charge in [-0.15, -0.1) is 0 Å². The number of halogens is 2. The topological polar surface area (TPSA) is 29.3 Å². The number of hydrogen-bond donors (Lipinski definition) is 1. The molecule has 4 heteroatoms. The molecule has 94 valence electrons. The fraction of sp³-hybridized carbons (Fsp3) is 0.538. The second kappa shape index (κ2) is 5.46. The van der Waals surface area contributed by atoms with E-state index in [4.69, 9.17) is 5.73 Å². The zero-order chi connectivity index (χ0) is 12.4. The van der Waals surface area contributed by atoms with Crippen LogP contribution >= 0.6 is 15.9 Å². The van der Waals surface area contributed by atoms with Crippen molar-refractivity contribution in [1.29, 1.82) is 0 Å². The minimum Gasteiger partial charge on any atom is -0.329 e. The van der Waals surface area contributed by atoms with Gasteiger partial charge in [-0.25, -0.2) is 4.39 Å². The van der Waals surface area contributed by atoms with E-state index in [0.717, 1.165) is 16.6 Å². The van der Waals surface area contributed by atoms with Crippen LogP contribution in [0, 0.1) is 5.82 Å². The van der Waals surface area contributed by atoms with Crippen molar-refractivity contribution in [1.82, 2.24) is 4.90 Å². The Hall–Kier alpha value is -0.450. The number of nitrogens with two attached hydrogens (primary N) is 1. The van der Waals surface area contributed by atoms with Gasteiger partial charge in [-0.1, -0.05) is 22.0 Å². The fourth-order valence-corrected chi connectivity index (χ4v) is 3.32. The van der Waals surface area contributed by atoms with E-state index in [0.29, 0.717) is 12.6 Å². The number of rotatable bonds is 3. The molecule has 2 N–H and O–H groups in total. The molecule has 0 amide bonds. The van der Waals surface area contributed by atoms with Gasteiger partial charge in [0.2, 0.25) is 0 Å². The Labute approximate surface area is 110 Å². The van der Waals surface area contributed by atoms with E-state index < -0.39 is 0 Å². The SMILES string of the molecule is CC(c1ccc(F)cc1Br)N1CCCC1CN. The molecule has 2 atom stereocenters. The van der Waals surface area contributed by atoms with Gasteiger partial charge in [0.1, 0.15) is 5.82 Å². The lowest BCUT2D eigenvalue weighted by Crippen LogP contribution is -2.37. The van der Waals surface area contributed by atoms with Crippen LogP contribution in [0.5, 0.6) is 0 Å². The summed E-state index contributed by atoms with van der Waals surface area (Å²) in [7, 11) is 0. The molecule has 1 aromatic carbocycles. The van der Waals surface area contributed by atoms with Crippen molar-refractivity contribution in [2.24, 2.45) is 5.73 Å². The first kappa shape index (κ1) is 13.0. The van der Waals surface area contributed by atoms with Crippen molar-refractivity contribution in [3.63, 3.8) is 0 Å². The largest absolute Gasteiger partial charge is 0.329 e. The van der Waals surface area contributed by atoms with Crippen LogP contribution in [0.15, 0.2) is 22.7 Å². The Bertz CT molecular complexity index is 397. The summed E-state index contributed by atoms with van der Waals surface area (Å²) in [6.45, 7) is 3.93. The van der Waals surface area contributed by atoms with Crippen LogP contribution in [0.4, 0.5) is 4.39 Å². The van der Waals surface area contributed by atoms with Crippen LogP contribution in [0.2, 0.25) is 0 Å². The van der Waals surface area contributed by atoms with E-state index in [1.54, 1.807) is 0 Å². The molecule has 1 fully saturated rings. The molecule has 1 aliphatic rings. The fourth-order valence-electron chi connectivity index (χ4n) is 2.64. The molecular formula is C13H18BrFN2. The second-order valence-corrected chi connectivity index (χ2v) is 5.47. The average Bonchev–Trinajstić information content (AvgIpc) is 2.76. The number of likely N-dealkylation sites (tertiary alicyclic amines) is 1. The first-order valence-corrected chi connectivity index (χ1v) is 6.83. The normalized spacial score (nSPS) is 22.9. The summed E-state index contributed by atoms with van der Waals surface area (Å²) in [5.41, 5.74) is 6.92. The third kappa shape index (κ3) is 2.69. The third-order valence-corrected chi connectivity index (χ3v) is 4.29. The highest BCUT2D eigenvalue weighted by Gasteiger charge is 2.28. The average molecular weight is 301 g/mol. The van der Waals surface area contributed by atoms with Crippen molar-refractivity contribution in [3.05, 3.63) is 34.1 Å². The lowest BCUT2D eigenvalue weighted by atomic mass is 10.1. The molecular weight excluding hydrogens is 283 g/mol. The van der Waals surface area contributed by atoms with Crippen molar-refractivity contribution in [2.75, 3.05) is 13.1 Å². The van der Waals surface area contributed by atoms with Gasteiger partial charge in [0.05, 0.1) is 0 Å². The lowest BCUT2D eigenvalue weighted by Gasteiger charge is -2.30. The Morgan fingerprint density at radius 1 is 1.59 bits per heavy atom. The van der Waals surface area contributed by atoms with Gasteiger partial charge in [0.15, 0.2) is 0 Å². The van der Waals surface area contributed by atoms with E-state index >= 15 is 0 Å². The molecule has 1 heterocycles. The van der Waals surface area contributed by atoms with Gasteiger partial charge >= 0.3 is 0 Å². The van der Waals surface area contributed by atoms with Crippen molar-refractivity contribution >= 4 is 15.9 Å². The molecule has 0 spiro atoms. The van der Waals surface area contributed by atoms with Gasteiger partial charge in [-0.05, 0) is 44.0 Å². The zero-order valence-corrected chi connectivity index (χ0v) is 11.6. The number of hydrogen-bond acceptors (Lipinski definition) is 2. The Morgan fingerprint density at radius 3 is 3.00 bits per heavy atom. The van der Waals surface area contributed by atoms with E-state index in [-0.39, 0.29) is 11.9 Å². The molecule has 2 nitrogen and oxygen atoms in total. The molecule has 1 aromatic rings. The van der Waals surface area contributed by atoms with Crippen molar-refractivity contribution in [3.8, 4) is 0 Å². The summed E-state index contributed by atoms with van der Waals surface area (Å²) in [6.07, 6.45) is 2.37. The summed E-state index contributed by atoms with van der Waals surface area (Å²) in [4.78, 5) is 2.41. The predicted molar refractivity (Wildman–Crippen MR) is 71.3 cm³/mol. The van der Waals surface area contributed by atoms with E-state index in [2.05, 4.69) is 27.8 Å². The summed E-state index contributed by atoms with van der Waals surface area (Å²) in [5, 5.41) is 0. The maximum Gasteiger partial charge on any atom is 0.124 e. The van der Waals surface area contributed by atoms with Gasteiger partial charge < -0.3 is 5.73 Å². The molecule has 0 aromatic heterocycles. The minimum absolute atomic E-state index is 0.204. The summed E-state index contributed by atoms with van der Waals surface area (Å²) < 4.78 is 13.9. The van der Waals surface area contributed by atoms with E-state index in [9.17, 15) is 4.39 Å². The van der Waals surface area contributed by atoms with Gasteiger partial charge in [0.25, 0.3) is 0 Å². The molecule has 2 unspecified atom stereocenters. The third-order valence-electron chi connectivity index (χ3n) is 3.60. The van der Waals surface area contributed by atoms with E-state index in [1.165, 1.54) is 25.0 Å². The molecule has 17 heavy (non-hydrogen) atoms. The molecule has 0 aliphatic carbocycles. The smallest absolute Gasteiger partial charge is 0.124 e. The van der Waals surface area contributed by atoms with Crippen LogP contribution in [0.1, 0.15) is 31.4 Å². The van der Waals surface area contributed by atoms with Gasteiger partial charge in [0, 0.05) is 23.1 Å². The van der Waals surface area contributed by atoms with Crippen LogP contribution in [0.3, 0.4) is 0 Å². The monoisotopic (exact) mass is 300 g/mol. The number of benzene rings is 1. The summed E-state index contributed by atoms with van der Waals surface area (Å²) in [5.74, 6) is -0.204. The standard InChI is InChI=1S/C13H18BrFN2/c1-9(17-6-2-3-11(17)8-16)12-5-4-10(15)7-13(12)14/h4-5,7,9,11H,2-3,6,8,16H2,1H3. The highest BCUT2D eigenvalue weighted by atomic mass is 79.9. The Morgan fingerprint density at radius 2 is 2.35 bits per heavy atom. The minimum atomic E-state index is -0.204. The van der Waals surface area contributed by atoms with Gasteiger partial charge in [-0.3, -0.25) is 4.90 Å². The second-order valence-electron chi connectivity index (χ2n) is 4.61. The maximum atomic E-state index is 13.1. The van der Waals surface area contributed by atoms with Crippen LogP contribution in [-0.4, -0.2) is 24.0 Å². The van der Waals surface area contributed by atoms with Crippen LogP contribution < -0.4 is 5.73 Å². The molecule has 2 rings (SSSR count). The van der Waals surface area contributed by atoms with E-state index in [1.807, 2.05) is 6.07 Å². The highest BCUT2D eigenvalue weighted by molar-refractivity contribution is 9.10. The molecule has 0 saturated carbocycles. The Balaban J connectivity index is 2.21. The molecule has 1 aliphatic heterocycles. The van der Waals surface area contributed by atoms with Crippen LogP contribution in [-0.2, 0) is 0 Å². The summed E-state index contributed by atoms with van der Waals surface area (Å²) in [6, 6.07) is 5.64. The van der Waals surface area contributed by atoms with Crippen LogP contribution in [0.25, 0.3) is 0 Å². The first-order chi connectivity index (χ1) is 8.13. The van der Waals surface area contributed by atoms with Crippen molar-refractivity contribution < 1.29 is 4.39 Å². The number of nitrogens with zero attached hydrogens (tertiary/aromatic N) is 1. The highest BCUT2D eigenvalue weighted by Crippen LogP contribution is 2.32. The van der Waals surface area contributed by atoms with Gasteiger partial charge in [-0.2, -0.15) is 0 Å². The predicted octanol–water partition coefficient (Wildman–Crippen LogP) is 3.07. The molecule has 0 bridgehead atoms. The first-order valence-electron chi connectivity index (χ1n) is 6.04. The zero-order valence-electron chi connectivity index (χ0n) is 10.00. The lowest BCUT2D eigenvalue weighted by molar-refractivity contribution is 0.196. The van der Waals surface area contributed by atoms with Crippen molar-refractivity contribution in [2.45, 2.75) is 31.8 Å². The quantitative estimate of drug-likeness (QED) is 0.929. The Kier molecular flexibility index (Phi) is 4.17.